The van der Waals surface area contributed by atoms with Crippen LogP contribution in [-0.4, -0.2) is 34.2 Å². The second kappa shape index (κ2) is 7.38. The van der Waals surface area contributed by atoms with E-state index in [2.05, 4.69) is 97.9 Å². The van der Waals surface area contributed by atoms with Crippen LogP contribution in [0.1, 0.15) is 30.9 Å². The van der Waals surface area contributed by atoms with Crippen molar-refractivity contribution in [2.75, 3.05) is 48.9 Å². The highest BCUT2D eigenvalue weighted by Crippen LogP contribution is 2.47. The van der Waals surface area contributed by atoms with Crippen LogP contribution < -0.4 is 14.7 Å². The average molecular weight is 374 g/mol. The van der Waals surface area contributed by atoms with Crippen LogP contribution in [0.2, 0.25) is 0 Å². The van der Waals surface area contributed by atoms with E-state index in [0.29, 0.717) is 0 Å². The first-order chi connectivity index (χ1) is 13.5. The fourth-order valence-electron chi connectivity index (χ4n) is 4.18. The largest absolute Gasteiger partial charge is 0.377 e. The molecule has 1 saturated carbocycles. The molecule has 0 amide bonds. The normalized spacial score (nSPS) is 15.7. The third-order valence-corrected chi connectivity index (χ3v) is 6.05. The summed E-state index contributed by atoms with van der Waals surface area (Å²) in [7, 11) is 6.28. The topological polar surface area (TPSA) is 9.72 Å². The Morgan fingerprint density at radius 1 is 1.11 bits per heavy atom. The zero-order chi connectivity index (χ0) is 19.8. The van der Waals surface area contributed by atoms with Crippen molar-refractivity contribution in [3.63, 3.8) is 0 Å². The molecule has 1 heterocycles. The van der Waals surface area contributed by atoms with Crippen molar-refractivity contribution in [3.05, 3.63) is 66.2 Å². The molecule has 0 radical (unpaired) electrons. The smallest absolute Gasteiger partial charge is 0.0455 e. The molecule has 28 heavy (non-hydrogen) atoms. The highest BCUT2D eigenvalue weighted by atomic mass is 15.1. The minimum Gasteiger partial charge on any atom is -0.377 e. The van der Waals surface area contributed by atoms with E-state index in [-0.39, 0.29) is 0 Å². The summed E-state index contributed by atoms with van der Waals surface area (Å²) in [5.74, 6) is 0.760. The van der Waals surface area contributed by atoms with E-state index < -0.39 is 0 Å². The minimum absolute atomic E-state index is 0.760. The van der Waals surface area contributed by atoms with E-state index in [1.807, 2.05) is 0 Å². The Kier molecular flexibility index (Phi) is 4.92. The Hall–Kier alpha value is -2.68. The Labute approximate surface area is 169 Å². The number of hydrogen-bond acceptors (Lipinski definition) is 3. The van der Waals surface area contributed by atoms with Crippen molar-refractivity contribution in [1.82, 2.24) is 0 Å². The molecule has 2 aromatic rings. The zero-order valence-electron chi connectivity index (χ0n) is 17.6. The molecule has 0 N–H and O–H groups in total. The van der Waals surface area contributed by atoms with Crippen LogP contribution in [0.3, 0.4) is 0 Å². The van der Waals surface area contributed by atoms with E-state index in [1.165, 1.54) is 41.0 Å². The van der Waals surface area contributed by atoms with Crippen molar-refractivity contribution >= 4 is 28.3 Å². The molecule has 1 aliphatic carbocycles. The van der Waals surface area contributed by atoms with Gasteiger partial charge in [0.15, 0.2) is 0 Å². The van der Waals surface area contributed by atoms with Crippen LogP contribution in [0, 0.1) is 5.92 Å². The fourth-order valence-corrected chi connectivity index (χ4v) is 4.18. The van der Waals surface area contributed by atoms with E-state index in [4.69, 9.17) is 0 Å². The van der Waals surface area contributed by atoms with Gasteiger partial charge >= 0.3 is 0 Å². The van der Waals surface area contributed by atoms with Crippen molar-refractivity contribution in [2.45, 2.75) is 19.8 Å². The van der Waals surface area contributed by atoms with Crippen molar-refractivity contribution in [1.29, 1.82) is 0 Å². The lowest BCUT2D eigenvalue weighted by molar-refractivity contribution is 0.886. The predicted molar refractivity (Wildman–Crippen MR) is 123 cm³/mol. The quantitative estimate of drug-likeness (QED) is 0.662. The third kappa shape index (κ3) is 3.30. The summed E-state index contributed by atoms with van der Waals surface area (Å²) in [6.45, 7) is 8.74. The predicted octanol–water partition coefficient (Wildman–Crippen LogP) is 5.49. The molecule has 2 aliphatic rings. The van der Waals surface area contributed by atoms with Crippen molar-refractivity contribution < 1.29 is 0 Å². The van der Waals surface area contributed by atoms with Gasteiger partial charge in [-0.05, 0) is 55.5 Å². The van der Waals surface area contributed by atoms with Gasteiger partial charge in [0, 0.05) is 68.1 Å². The zero-order valence-corrected chi connectivity index (χ0v) is 17.6. The van der Waals surface area contributed by atoms with Crippen LogP contribution >= 0.6 is 0 Å². The Morgan fingerprint density at radius 3 is 2.54 bits per heavy atom. The van der Waals surface area contributed by atoms with Gasteiger partial charge in [0.1, 0.15) is 0 Å². The molecular weight excluding hydrogens is 342 g/mol. The first kappa shape index (κ1) is 18.7. The molecule has 4 rings (SSSR count). The van der Waals surface area contributed by atoms with Crippen LogP contribution in [0.4, 0.5) is 17.1 Å². The lowest BCUT2D eigenvalue weighted by Gasteiger charge is -2.32. The summed E-state index contributed by atoms with van der Waals surface area (Å²) in [6.07, 6.45) is 5.12. The van der Waals surface area contributed by atoms with Gasteiger partial charge in [0.05, 0.1) is 0 Å². The lowest BCUT2D eigenvalue weighted by Crippen LogP contribution is -2.27. The molecule has 0 atom stereocenters. The maximum absolute atomic E-state index is 4.43. The first-order valence-corrected chi connectivity index (χ1v) is 10.3. The maximum atomic E-state index is 4.43. The van der Waals surface area contributed by atoms with Gasteiger partial charge in [-0.25, -0.2) is 0 Å². The van der Waals surface area contributed by atoms with Crippen molar-refractivity contribution in [2.24, 2.45) is 5.92 Å². The highest BCUT2D eigenvalue weighted by molar-refractivity contribution is 5.88. The monoisotopic (exact) mass is 373 g/mol. The molecule has 0 bridgehead atoms. The second-order valence-electron chi connectivity index (χ2n) is 8.09. The summed E-state index contributed by atoms with van der Waals surface area (Å²) >= 11 is 0. The van der Waals surface area contributed by atoms with Gasteiger partial charge in [-0.3, -0.25) is 0 Å². The fraction of sp³-hybridized carbons (Fsp3) is 0.360. The van der Waals surface area contributed by atoms with Gasteiger partial charge < -0.3 is 14.7 Å². The molecule has 1 fully saturated rings. The van der Waals surface area contributed by atoms with E-state index >= 15 is 0 Å². The Bertz CT molecular complexity index is 921. The molecule has 146 valence electrons. The average Bonchev–Trinajstić information content (AvgIpc) is 3.56. The molecule has 0 saturated heterocycles. The second-order valence-corrected chi connectivity index (χ2v) is 8.09. The summed E-state index contributed by atoms with van der Waals surface area (Å²) in [5.41, 5.74) is 8.91. The number of fused-ring (bicyclic) bond motifs is 1. The number of rotatable bonds is 6. The molecule has 2 aromatic carbocycles. The number of likely N-dealkylation sites (N-methyl/N-ethyl adjacent to an activating group) is 1. The first-order valence-electron chi connectivity index (χ1n) is 10.3. The Balaban J connectivity index is 1.70. The highest BCUT2D eigenvalue weighted by Gasteiger charge is 2.31. The summed E-state index contributed by atoms with van der Waals surface area (Å²) in [6, 6.07) is 15.4. The van der Waals surface area contributed by atoms with Crippen LogP contribution in [0.15, 0.2) is 55.1 Å². The number of allylic oxidation sites excluding steroid dienone is 1. The number of benzene rings is 2. The molecule has 1 aliphatic heterocycles. The number of para-hydroxylation sites is 1. The van der Waals surface area contributed by atoms with Crippen LogP contribution in [0.25, 0.3) is 11.3 Å². The summed E-state index contributed by atoms with van der Waals surface area (Å²) in [5, 5.41) is 0. The third-order valence-electron chi connectivity index (χ3n) is 6.05. The van der Waals surface area contributed by atoms with Gasteiger partial charge in [0.2, 0.25) is 0 Å². The van der Waals surface area contributed by atoms with Gasteiger partial charge in [0.25, 0.3) is 0 Å². The SMILES string of the molecule is C=C(c1ccccc1N(C)C)N(C)c1ccc2c(c1)C(C1CC1)=CCN2CC. The van der Waals surface area contributed by atoms with Crippen LogP contribution in [-0.2, 0) is 0 Å². The molecule has 0 unspecified atom stereocenters. The molecule has 0 aromatic heterocycles. The lowest BCUT2D eigenvalue weighted by atomic mass is 9.94. The van der Waals surface area contributed by atoms with Gasteiger partial charge in [-0.2, -0.15) is 0 Å². The molecule has 3 heteroatoms. The Morgan fingerprint density at radius 2 is 1.86 bits per heavy atom. The standard InChI is InChI=1S/C25H31N3/c1-6-28-16-15-22(19-11-12-19)23-17-20(13-14-25(23)28)27(5)18(2)21-9-7-8-10-24(21)26(3)4/h7-10,13-15,17,19H,2,6,11-12,16H2,1,3-5H3. The number of hydrogen-bond donors (Lipinski definition) is 0. The van der Waals surface area contributed by atoms with E-state index in [9.17, 15) is 0 Å². The maximum Gasteiger partial charge on any atom is 0.0455 e. The number of anilines is 3. The van der Waals surface area contributed by atoms with Gasteiger partial charge in [-0.15, -0.1) is 0 Å². The summed E-state index contributed by atoms with van der Waals surface area (Å²) < 4.78 is 0. The van der Waals surface area contributed by atoms with Crippen LogP contribution in [0.5, 0.6) is 0 Å². The number of nitrogens with zero attached hydrogens (tertiary/aromatic N) is 3. The molecule has 0 spiro atoms. The van der Waals surface area contributed by atoms with E-state index in [1.54, 1.807) is 5.57 Å². The summed E-state index contributed by atoms with van der Waals surface area (Å²) in [4.78, 5) is 6.83. The minimum atomic E-state index is 0.760. The van der Waals surface area contributed by atoms with Gasteiger partial charge in [-0.1, -0.05) is 30.9 Å². The molecule has 3 nitrogen and oxygen atoms in total. The van der Waals surface area contributed by atoms with E-state index in [0.717, 1.165) is 24.7 Å². The molecular formula is C25H31N3. The van der Waals surface area contributed by atoms with Crippen molar-refractivity contribution in [3.8, 4) is 0 Å².